The molecule has 2 N–H and O–H groups in total. The van der Waals surface area contributed by atoms with Crippen molar-refractivity contribution >= 4 is 11.6 Å². The molecule has 7 heteroatoms. The lowest BCUT2D eigenvalue weighted by molar-refractivity contribution is 0.126. The molecule has 0 aromatic carbocycles. The monoisotopic (exact) mass is 310 g/mol. The first kappa shape index (κ1) is 14.1. The Morgan fingerprint density at radius 1 is 1.13 bits per heavy atom. The number of rotatable bonds is 3. The molecule has 1 fully saturated rings. The Hall–Kier alpha value is -2.54. The van der Waals surface area contributed by atoms with Gasteiger partial charge in [-0.25, -0.2) is 19.5 Å². The maximum Gasteiger partial charge on any atom is 0.223 e. The summed E-state index contributed by atoms with van der Waals surface area (Å²) >= 11 is 0. The number of nitrogens with one attached hydrogen (secondary N) is 1. The summed E-state index contributed by atoms with van der Waals surface area (Å²) in [4.78, 5) is 13.3. The molecule has 0 aliphatic heterocycles. The molecule has 118 valence electrons. The molecule has 4 rings (SSSR count). The molecule has 0 amide bonds. The molecule has 0 spiro atoms. The highest BCUT2D eigenvalue weighted by molar-refractivity contribution is 5.74. The highest BCUT2D eigenvalue weighted by atomic mass is 16.3. The third kappa shape index (κ3) is 2.87. The van der Waals surface area contributed by atoms with Gasteiger partial charge >= 0.3 is 0 Å². The predicted molar refractivity (Wildman–Crippen MR) is 85.9 cm³/mol. The average Bonchev–Trinajstić information content (AvgIpc) is 3.01. The smallest absolute Gasteiger partial charge is 0.223 e. The van der Waals surface area contributed by atoms with Gasteiger partial charge in [-0.3, -0.25) is 0 Å². The summed E-state index contributed by atoms with van der Waals surface area (Å²) in [5.74, 6) is 0.610. The van der Waals surface area contributed by atoms with E-state index in [2.05, 4.69) is 25.4 Å². The van der Waals surface area contributed by atoms with Crippen molar-refractivity contribution in [3.05, 3.63) is 36.9 Å². The molecular formula is C16H18N6O. The number of aromatic nitrogens is 5. The van der Waals surface area contributed by atoms with Crippen LogP contribution >= 0.6 is 0 Å². The normalized spacial score (nSPS) is 21.4. The zero-order chi connectivity index (χ0) is 15.6. The highest BCUT2D eigenvalue weighted by Crippen LogP contribution is 2.24. The standard InChI is InChI=1S/C16H18N6O/c23-12-4-2-11(3-5-12)20-16-18-8-6-14(21-16)13-10-19-22-9-1-7-17-15(13)22/h1,6-12,23H,2-5H2,(H,18,20,21). The van der Waals surface area contributed by atoms with Gasteiger partial charge in [0.1, 0.15) is 0 Å². The molecular weight excluding hydrogens is 292 g/mol. The van der Waals surface area contributed by atoms with E-state index in [1.807, 2.05) is 18.3 Å². The zero-order valence-corrected chi connectivity index (χ0v) is 12.6. The number of anilines is 1. The molecule has 0 radical (unpaired) electrons. The van der Waals surface area contributed by atoms with Crippen LogP contribution in [0.5, 0.6) is 0 Å². The Morgan fingerprint density at radius 2 is 2.00 bits per heavy atom. The number of hydrogen-bond acceptors (Lipinski definition) is 6. The van der Waals surface area contributed by atoms with Crippen molar-refractivity contribution in [3.63, 3.8) is 0 Å². The minimum atomic E-state index is -0.162. The maximum atomic E-state index is 9.59. The van der Waals surface area contributed by atoms with E-state index in [1.54, 1.807) is 23.1 Å². The van der Waals surface area contributed by atoms with Crippen LogP contribution in [0.4, 0.5) is 5.95 Å². The Labute approximate surface area is 133 Å². The largest absolute Gasteiger partial charge is 0.393 e. The van der Waals surface area contributed by atoms with Crippen molar-refractivity contribution in [2.24, 2.45) is 0 Å². The van der Waals surface area contributed by atoms with Crippen molar-refractivity contribution in [1.29, 1.82) is 0 Å². The second-order valence-electron chi connectivity index (χ2n) is 5.86. The third-order valence-corrected chi connectivity index (χ3v) is 4.24. The molecule has 0 bridgehead atoms. The number of aliphatic hydroxyl groups is 1. The summed E-state index contributed by atoms with van der Waals surface area (Å²) in [5.41, 5.74) is 2.46. The summed E-state index contributed by atoms with van der Waals surface area (Å²) in [6.45, 7) is 0. The van der Waals surface area contributed by atoms with E-state index in [-0.39, 0.29) is 6.10 Å². The van der Waals surface area contributed by atoms with Gasteiger partial charge in [0.15, 0.2) is 5.65 Å². The van der Waals surface area contributed by atoms with Gasteiger partial charge in [-0.05, 0) is 37.8 Å². The molecule has 1 aliphatic carbocycles. The molecule has 0 unspecified atom stereocenters. The van der Waals surface area contributed by atoms with E-state index in [0.29, 0.717) is 12.0 Å². The number of fused-ring (bicyclic) bond motifs is 1. The van der Waals surface area contributed by atoms with Gasteiger partial charge in [0.25, 0.3) is 0 Å². The fourth-order valence-electron chi connectivity index (χ4n) is 2.99. The number of nitrogens with zero attached hydrogens (tertiary/aromatic N) is 5. The van der Waals surface area contributed by atoms with Crippen LogP contribution in [0.2, 0.25) is 0 Å². The molecule has 0 saturated heterocycles. The van der Waals surface area contributed by atoms with Crippen LogP contribution in [0.15, 0.2) is 36.9 Å². The Kier molecular flexibility index (Phi) is 3.63. The van der Waals surface area contributed by atoms with Gasteiger partial charge in [-0.15, -0.1) is 0 Å². The topological polar surface area (TPSA) is 88.2 Å². The van der Waals surface area contributed by atoms with E-state index >= 15 is 0 Å². The Morgan fingerprint density at radius 3 is 2.87 bits per heavy atom. The minimum absolute atomic E-state index is 0.162. The van der Waals surface area contributed by atoms with Crippen molar-refractivity contribution in [2.75, 3.05) is 5.32 Å². The quantitative estimate of drug-likeness (QED) is 0.768. The molecule has 3 heterocycles. The predicted octanol–water partition coefficient (Wildman–Crippen LogP) is 1.90. The lowest BCUT2D eigenvalue weighted by Gasteiger charge is -2.26. The summed E-state index contributed by atoms with van der Waals surface area (Å²) in [6, 6.07) is 4.02. The van der Waals surface area contributed by atoms with Gasteiger partial charge in [0.2, 0.25) is 5.95 Å². The fourth-order valence-corrected chi connectivity index (χ4v) is 2.99. The first-order valence-electron chi connectivity index (χ1n) is 7.86. The van der Waals surface area contributed by atoms with Crippen LogP contribution in [0.3, 0.4) is 0 Å². The van der Waals surface area contributed by atoms with E-state index in [4.69, 9.17) is 0 Å². The van der Waals surface area contributed by atoms with Crippen LogP contribution in [0.1, 0.15) is 25.7 Å². The van der Waals surface area contributed by atoms with Gasteiger partial charge in [0, 0.05) is 24.6 Å². The molecule has 3 aromatic heterocycles. The summed E-state index contributed by atoms with van der Waals surface area (Å²) in [7, 11) is 0. The van der Waals surface area contributed by atoms with Gasteiger partial charge in [-0.1, -0.05) is 0 Å². The molecule has 1 aliphatic rings. The van der Waals surface area contributed by atoms with E-state index in [0.717, 1.165) is 42.6 Å². The Balaban J connectivity index is 1.59. The van der Waals surface area contributed by atoms with Crippen molar-refractivity contribution < 1.29 is 5.11 Å². The molecule has 7 nitrogen and oxygen atoms in total. The first-order valence-corrected chi connectivity index (χ1v) is 7.86. The second kappa shape index (κ2) is 5.92. The fraction of sp³-hybridized carbons (Fsp3) is 0.375. The number of aliphatic hydroxyl groups excluding tert-OH is 1. The molecule has 3 aromatic rings. The third-order valence-electron chi connectivity index (χ3n) is 4.24. The highest BCUT2D eigenvalue weighted by Gasteiger charge is 2.20. The maximum absolute atomic E-state index is 9.59. The molecule has 1 saturated carbocycles. The zero-order valence-electron chi connectivity index (χ0n) is 12.6. The van der Waals surface area contributed by atoms with Crippen LogP contribution in [0.25, 0.3) is 16.9 Å². The molecule has 0 atom stereocenters. The summed E-state index contributed by atoms with van der Waals surface area (Å²) in [6.07, 6.45) is 10.5. The van der Waals surface area contributed by atoms with Gasteiger partial charge < -0.3 is 10.4 Å². The minimum Gasteiger partial charge on any atom is -0.393 e. The van der Waals surface area contributed by atoms with Crippen LogP contribution in [-0.2, 0) is 0 Å². The van der Waals surface area contributed by atoms with E-state index in [9.17, 15) is 5.11 Å². The van der Waals surface area contributed by atoms with E-state index in [1.165, 1.54) is 0 Å². The van der Waals surface area contributed by atoms with Crippen LogP contribution in [0, 0.1) is 0 Å². The SMILES string of the molecule is OC1CCC(Nc2nccc(-c3cnn4cccnc34)n2)CC1. The van der Waals surface area contributed by atoms with Crippen molar-refractivity contribution in [2.45, 2.75) is 37.8 Å². The number of hydrogen-bond donors (Lipinski definition) is 2. The Bertz CT molecular complexity index is 809. The van der Waals surface area contributed by atoms with Gasteiger partial charge in [0.05, 0.1) is 23.6 Å². The second-order valence-corrected chi connectivity index (χ2v) is 5.86. The van der Waals surface area contributed by atoms with E-state index < -0.39 is 0 Å². The van der Waals surface area contributed by atoms with Gasteiger partial charge in [-0.2, -0.15) is 5.10 Å². The summed E-state index contributed by atoms with van der Waals surface area (Å²) < 4.78 is 1.73. The lowest BCUT2D eigenvalue weighted by Crippen LogP contribution is -2.28. The average molecular weight is 310 g/mol. The first-order chi connectivity index (χ1) is 11.3. The van der Waals surface area contributed by atoms with Crippen LogP contribution < -0.4 is 5.32 Å². The van der Waals surface area contributed by atoms with Crippen molar-refractivity contribution in [1.82, 2.24) is 24.6 Å². The van der Waals surface area contributed by atoms with Crippen LogP contribution in [-0.4, -0.2) is 41.8 Å². The molecule has 23 heavy (non-hydrogen) atoms. The summed E-state index contributed by atoms with van der Waals surface area (Å²) in [5, 5.41) is 17.3. The van der Waals surface area contributed by atoms with Crippen molar-refractivity contribution in [3.8, 4) is 11.3 Å². The lowest BCUT2D eigenvalue weighted by atomic mass is 9.93.